The molecule has 2 rings (SSSR count). The standard InChI is InChI=1S/C9H12N4OS/c1-6(2)14-9-11-5-7-4-10-8(15-3)12-13(7)9/h4-6H,1-3H3. The third-order valence-electron chi connectivity index (χ3n) is 1.75. The molecule has 5 nitrogen and oxygen atoms in total. The van der Waals surface area contributed by atoms with Crippen molar-refractivity contribution in [3.05, 3.63) is 12.4 Å². The molecule has 2 heterocycles. The molecule has 6 heteroatoms. The van der Waals surface area contributed by atoms with E-state index in [0.717, 1.165) is 5.52 Å². The lowest BCUT2D eigenvalue weighted by Crippen LogP contribution is -2.09. The van der Waals surface area contributed by atoms with E-state index in [1.165, 1.54) is 11.8 Å². The molecule has 0 aliphatic heterocycles. The molecule has 0 amide bonds. The number of thioether (sulfide) groups is 1. The van der Waals surface area contributed by atoms with E-state index in [2.05, 4.69) is 15.1 Å². The number of ether oxygens (including phenoxy) is 1. The van der Waals surface area contributed by atoms with Gasteiger partial charge in [-0.1, -0.05) is 11.8 Å². The summed E-state index contributed by atoms with van der Waals surface area (Å²) < 4.78 is 7.18. The third-order valence-corrected chi connectivity index (χ3v) is 2.30. The molecule has 0 bridgehead atoms. The fraction of sp³-hybridized carbons (Fsp3) is 0.444. The molecule has 0 radical (unpaired) electrons. The molecule has 15 heavy (non-hydrogen) atoms. The molecule has 80 valence electrons. The molecule has 0 atom stereocenters. The molecule has 0 fully saturated rings. The number of aromatic nitrogens is 4. The average Bonchev–Trinajstić information content (AvgIpc) is 2.60. The Morgan fingerprint density at radius 3 is 2.73 bits per heavy atom. The first-order valence-electron chi connectivity index (χ1n) is 4.62. The minimum absolute atomic E-state index is 0.0864. The molecule has 0 aromatic carbocycles. The smallest absolute Gasteiger partial charge is 0.318 e. The van der Waals surface area contributed by atoms with Gasteiger partial charge in [0.15, 0.2) is 0 Å². The van der Waals surface area contributed by atoms with Gasteiger partial charge in [-0.05, 0) is 20.1 Å². The Kier molecular flexibility index (Phi) is 2.77. The van der Waals surface area contributed by atoms with Gasteiger partial charge in [0.2, 0.25) is 5.16 Å². The van der Waals surface area contributed by atoms with Gasteiger partial charge in [0.25, 0.3) is 0 Å². The molecule has 0 saturated heterocycles. The highest BCUT2D eigenvalue weighted by Gasteiger charge is 2.08. The van der Waals surface area contributed by atoms with Crippen LogP contribution in [0.2, 0.25) is 0 Å². The summed E-state index contributed by atoms with van der Waals surface area (Å²) in [5.41, 5.74) is 0.837. The predicted molar refractivity (Wildman–Crippen MR) is 58.3 cm³/mol. The second-order valence-electron chi connectivity index (χ2n) is 3.29. The van der Waals surface area contributed by atoms with Gasteiger partial charge in [0, 0.05) is 0 Å². The lowest BCUT2D eigenvalue weighted by atomic mass is 10.5. The van der Waals surface area contributed by atoms with E-state index in [-0.39, 0.29) is 6.10 Å². The maximum atomic E-state index is 5.52. The number of hydrogen-bond donors (Lipinski definition) is 0. The van der Waals surface area contributed by atoms with E-state index >= 15 is 0 Å². The van der Waals surface area contributed by atoms with Gasteiger partial charge < -0.3 is 4.74 Å². The van der Waals surface area contributed by atoms with E-state index in [0.29, 0.717) is 11.2 Å². The van der Waals surface area contributed by atoms with Gasteiger partial charge in [-0.3, -0.25) is 0 Å². The summed E-state index contributed by atoms with van der Waals surface area (Å²) in [5.74, 6) is 0. The summed E-state index contributed by atoms with van der Waals surface area (Å²) in [6.07, 6.45) is 5.45. The summed E-state index contributed by atoms with van der Waals surface area (Å²) in [7, 11) is 0. The lowest BCUT2D eigenvalue weighted by Gasteiger charge is -2.06. The maximum Gasteiger partial charge on any atom is 0.318 e. The van der Waals surface area contributed by atoms with E-state index in [9.17, 15) is 0 Å². The summed E-state index contributed by atoms with van der Waals surface area (Å²) in [4.78, 5) is 8.29. The van der Waals surface area contributed by atoms with Crippen LogP contribution >= 0.6 is 11.8 Å². The van der Waals surface area contributed by atoms with Gasteiger partial charge in [-0.25, -0.2) is 9.97 Å². The fourth-order valence-electron chi connectivity index (χ4n) is 1.15. The molecule has 0 saturated carbocycles. The van der Waals surface area contributed by atoms with Gasteiger partial charge in [-0.15, -0.1) is 5.10 Å². The molecular weight excluding hydrogens is 212 g/mol. The van der Waals surface area contributed by atoms with Crippen molar-refractivity contribution in [2.24, 2.45) is 0 Å². The van der Waals surface area contributed by atoms with E-state index < -0.39 is 0 Å². The molecule has 0 spiro atoms. The first kappa shape index (κ1) is 10.2. The molecule has 2 aromatic heterocycles. The zero-order valence-corrected chi connectivity index (χ0v) is 9.65. The largest absolute Gasteiger partial charge is 0.461 e. The van der Waals surface area contributed by atoms with Crippen LogP contribution in [0.15, 0.2) is 17.6 Å². The number of rotatable bonds is 3. The fourth-order valence-corrected chi connectivity index (χ4v) is 1.47. The molecule has 0 aliphatic rings. The average molecular weight is 224 g/mol. The Balaban J connectivity index is 2.46. The Bertz CT molecular complexity index is 468. The topological polar surface area (TPSA) is 52.3 Å². The van der Waals surface area contributed by atoms with Crippen molar-refractivity contribution in [2.45, 2.75) is 25.1 Å². The minimum atomic E-state index is 0.0864. The molecule has 2 aromatic rings. The van der Waals surface area contributed by atoms with E-state index in [4.69, 9.17) is 4.74 Å². The van der Waals surface area contributed by atoms with Crippen molar-refractivity contribution in [1.82, 2.24) is 19.6 Å². The van der Waals surface area contributed by atoms with E-state index in [1.54, 1.807) is 16.9 Å². The number of imidazole rings is 1. The van der Waals surface area contributed by atoms with Crippen LogP contribution in [0.1, 0.15) is 13.8 Å². The van der Waals surface area contributed by atoms with Crippen LogP contribution in [-0.2, 0) is 0 Å². The van der Waals surface area contributed by atoms with Crippen LogP contribution in [0.25, 0.3) is 5.52 Å². The summed E-state index contributed by atoms with van der Waals surface area (Å²) in [5, 5.41) is 4.99. The van der Waals surface area contributed by atoms with Crippen molar-refractivity contribution in [3.8, 4) is 6.01 Å². The Hall–Kier alpha value is -1.30. The highest BCUT2D eigenvalue weighted by Crippen LogP contribution is 2.15. The molecular formula is C9H12N4OS. The highest BCUT2D eigenvalue weighted by molar-refractivity contribution is 7.98. The van der Waals surface area contributed by atoms with Crippen molar-refractivity contribution in [1.29, 1.82) is 0 Å². The SMILES string of the molecule is CSc1ncc2cnc(OC(C)C)n2n1. The van der Waals surface area contributed by atoms with Gasteiger partial charge in [-0.2, -0.15) is 4.52 Å². The monoisotopic (exact) mass is 224 g/mol. The Morgan fingerprint density at radius 1 is 1.33 bits per heavy atom. The second kappa shape index (κ2) is 4.06. The van der Waals surface area contributed by atoms with Gasteiger partial charge >= 0.3 is 6.01 Å². The number of fused-ring (bicyclic) bond motifs is 1. The van der Waals surface area contributed by atoms with Crippen LogP contribution in [0.4, 0.5) is 0 Å². The van der Waals surface area contributed by atoms with Crippen molar-refractivity contribution in [2.75, 3.05) is 6.26 Å². The number of hydrogen-bond acceptors (Lipinski definition) is 5. The number of nitrogens with zero attached hydrogens (tertiary/aromatic N) is 4. The quantitative estimate of drug-likeness (QED) is 0.742. The summed E-state index contributed by atoms with van der Waals surface area (Å²) >= 11 is 1.49. The maximum absolute atomic E-state index is 5.52. The first-order chi connectivity index (χ1) is 7.20. The van der Waals surface area contributed by atoms with Crippen LogP contribution in [-0.4, -0.2) is 31.9 Å². The van der Waals surface area contributed by atoms with Crippen molar-refractivity contribution < 1.29 is 4.74 Å². The summed E-state index contributed by atoms with van der Waals surface area (Å²) in [6, 6.07) is 0.512. The zero-order chi connectivity index (χ0) is 10.8. The molecule has 0 N–H and O–H groups in total. The first-order valence-corrected chi connectivity index (χ1v) is 5.84. The molecule has 0 aliphatic carbocycles. The van der Waals surface area contributed by atoms with Crippen LogP contribution in [0.5, 0.6) is 6.01 Å². The predicted octanol–water partition coefficient (Wildman–Crippen LogP) is 1.63. The Labute approximate surface area is 91.9 Å². The van der Waals surface area contributed by atoms with Gasteiger partial charge in [0.05, 0.1) is 18.5 Å². The second-order valence-corrected chi connectivity index (χ2v) is 4.06. The molecule has 0 unspecified atom stereocenters. The van der Waals surface area contributed by atoms with Crippen LogP contribution < -0.4 is 4.74 Å². The van der Waals surface area contributed by atoms with E-state index in [1.807, 2.05) is 20.1 Å². The minimum Gasteiger partial charge on any atom is -0.461 e. The Morgan fingerprint density at radius 2 is 2.07 bits per heavy atom. The van der Waals surface area contributed by atoms with Crippen LogP contribution in [0, 0.1) is 0 Å². The van der Waals surface area contributed by atoms with Crippen molar-refractivity contribution >= 4 is 17.3 Å². The summed E-state index contributed by atoms with van der Waals surface area (Å²) in [6.45, 7) is 3.91. The normalized spacial score (nSPS) is 11.2. The van der Waals surface area contributed by atoms with Crippen LogP contribution in [0.3, 0.4) is 0 Å². The highest BCUT2D eigenvalue weighted by atomic mass is 32.2. The zero-order valence-electron chi connectivity index (χ0n) is 8.84. The van der Waals surface area contributed by atoms with Gasteiger partial charge in [0.1, 0.15) is 5.52 Å². The van der Waals surface area contributed by atoms with Crippen molar-refractivity contribution in [3.63, 3.8) is 0 Å². The third kappa shape index (κ3) is 2.04. The lowest BCUT2D eigenvalue weighted by molar-refractivity contribution is 0.217.